The highest BCUT2D eigenvalue weighted by molar-refractivity contribution is 8.13. The molecule has 1 fully saturated rings. The molecule has 1 aromatic rings. The Morgan fingerprint density at radius 3 is 2.24 bits per heavy atom. The molecule has 1 aliphatic rings. The number of benzene rings is 1. The normalized spacial score (nSPS) is 17.5. The van der Waals surface area contributed by atoms with E-state index < -0.39 is 19.1 Å². The first kappa shape index (κ1) is 16.7. The van der Waals surface area contributed by atoms with Gasteiger partial charge < -0.3 is 0 Å². The fraction of sp³-hybridized carbons (Fsp3) is 0.538. The molecule has 1 aliphatic carbocycles. The van der Waals surface area contributed by atoms with Crippen LogP contribution in [-0.2, 0) is 19.1 Å². The van der Waals surface area contributed by atoms with E-state index >= 15 is 0 Å². The van der Waals surface area contributed by atoms with Gasteiger partial charge in [-0.1, -0.05) is 25.8 Å². The van der Waals surface area contributed by atoms with E-state index in [-0.39, 0.29) is 15.8 Å². The smallest absolute Gasteiger partial charge is 0.207 e. The van der Waals surface area contributed by atoms with Crippen LogP contribution in [0.4, 0.5) is 0 Å². The number of hydrogen-bond donors (Lipinski definition) is 0. The zero-order chi connectivity index (χ0) is 15.7. The second-order valence-electron chi connectivity index (χ2n) is 5.06. The topological polar surface area (TPSA) is 71.5 Å². The van der Waals surface area contributed by atoms with Crippen molar-refractivity contribution in [1.82, 2.24) is 4.31 Å². The molecule has 0 spiro atoms. The van der Waals surface area contributed by atoms with Crippen molar-refractivity contribution in [3.05, 3.63) is 24.3 Å². The molecule has 0 N–H and O–H groups in total. The third kappa shape index (κ3) is 3.59. The zero-order valence-electron chi connectivity index (χ0n) is 11.7. The van der Waals surface area contributed by atoms with Crippen molar-refractivity contribution < 1.29 is 16.8 Å². The molecule has 0 amide bonds. The highest BCUT2D eigenvalue weighted by Crippen LogP contribution is 2.29. The van der Waals surface area contributed by atoms with Gasteiger partial charge >= 0.3 is 0 Å². The monoisotopic (exact) mass is 351 g/mol. The van der Waals surface area contributed by atoms with Gasteiger partial charge in [0.2, 0.25) is 10.0 Å². The lowest BCUT2D eigenvalue weighted by Gasteiger charge is -2.26. The van der Waals surface area contributed by atoms with E-state index in [2.05, 4.69) is 0 Å². The molecule has 0 heterocycles. The lowest BCUT2D eigenvalue weighted by atomic mass is 10.2. The molecule has 0 radical (unpaired) electrons. The van der Waals surface area contributed by atoms with Crippen LogP contribution in [-0.4, -0.2) is 33.7 Å². The second kappa shape index (κ2) is 6.24. The van der Waals surface area contributed by atoms with Crippen LogP contribution in [0, 0.1) is 0 Å². The summed E-state index contributed by atoms with van der Waals surface area (Å²) in [5.41, 5.74) is 0. The Morgan fingerprint density at radius 1 is 1.14 bits per heavy atom. The summed E-state index contributed by atoms with van der Waals surface area (Å²) in [6.07, 6.45) is 3.74. The Hall–Kier alpha value is -0.630. The average molecular weight is 352 g/mol. The predicted octanol–water partition coefficient (Wildman–Crippen LogP) is 2.57. The van der Waals surface area contributed by atoms with Gasteiger partial charge in [-0.2, -0.15) is 4.31 Å². The fourth-order valence-corrected chi connectivity index (χ4v) is 5.35. The van der Waals surface area contributed by atoms with Crippen LogP contribution >= 0.6 is 10.7 Å². The summed E-state index contributed by atoms with van der Waals surface area (Å²) in [5.74, 6) is 0. The molecule has 0 saturated heterocycles. The first-order valence-corrected chi connectivity index (χ1v) is 10.6. The molecule has 5 nitrogen and oxygen atoms in total. The maximum atomic E-state index is 12.7. The molecule has 118 valence electrons. The zero-order valence-corrected chi connectivity index (χ0v) is 14.1. The first-order valence-electron chi connectivity index (χ1n) is 6.83. The Balaban J connectivity index is 2.43. The van der Waals surface area contributed by atoms with Crippen LogP contribution in [0.5, 0.6) is 0 Å². The summed E-state index contributed by atoms with van der Waals surface area (Å²) in [6, 6.07) is 5.20. The third-order valence-corrected chi connectivity index (χ3v) is 7.11. The quantitative estimate of drug-likeness (QED) is 0.764. The third-order valence-electron chi connectivity index (χ3n) is 3.74. The van der Waals surface area contributed by atoms with E-state index in [4.69, 9.17) is 10.7 Å². The van der Waals surface area contributed by atoms with E-state index in [9.17, 15) is 16.8 Å². The maximum Gasteiger partial charge on any atom is 0.261 e. The lowest BCUT2D eigenvalue weighted by Crippen LogP contribution is -2.38. The lowest BCUT2D eigenvalue weighted by molar-refractivity contribution is 0.335. The van der Waals surface area contributed by atoms with Gasteiger partial charge in [-0.05, 0) is 31.0 Å². The van der Waals surface area contributed by atoms with E-state index in [1.807, 2.05) is 0 Å². The molecule has 2 rings (SSSR count). The maximum absolute atomic E-state index is 12.7. The minimum Gasteiger partial charge on any atom is -0.207 e. The van der Waals surface area contributed by atoms with Gasteiger partial charge in [-0.15, -0.1) is 0 Å². The van der Waals surface area contributed by atoms with E-state index in [0.29, 0.717) is 6.54 Å². The molecule has 1 saturated carbocycles. The van der Waals surface area contributed by atoms with Crippen molar-refractivity contribution in [2.75, 3.05) is 6.54 Å². The largest absolute Gasteiger partial charge is 0.261 e. The van der Waals surface area contributed by atoms with Crippen LogP contribution in [0.3, 0.4) is 0 Å². The molecule has 0 unspecified atom stereocenters. The SMILES string of the molecule is CCN(C1CCCC1)S(=O)(=O)c1cccc(S(=O)(=O)Cl)c1. The van der Waals surface area contributed by atoms with Gasteiger partial charge in [0.25, 0.3) is 9.05 Å². The van der Waals surface area contributed by atoms with E-state index in [1.54, 1.807) is 6.92 Å². The summed E-state index contributed by atoms with van der Waals surface area (Å²) >= 11 is 0. The van der Waals surface area contributed by atoms with E-state index in [0.717, 1.165) is 31.7 Å². The molecule has 0 aliphatic heterocycles. The summed E-state index contributed by atoms with van der Waals surface area (Å²) in [5, 5.41) is 0. The molecule has 0 aromatic heterocycles. The van der Waals surface area contributed by atoms with Crippen LogP contribution < -0.4 is 0 Å². The van der Waals surface area contributed by atoms with Gasteiger partial charge in [0.05, 0.1) is 9.79 Å². The van der Waals surface area contributed by atoms with Crippen molar-refractivity contribution in [3.8, 4) is 0 Å². The summed E-state index contributed by atoms with van der Waals surface area (Å²) in [4.78, 5) is -0.231. The number of nitrogens with zero attached hydrogens (tertiary/aromatic N) is 1. The van der Waals surface area contributed by atoms with Crippen LogP contribution in [0.1, 0.15) is 32.6 Å². The van der Waals surface area contributed by atoms with Crippen molar-refractivity contribution in [1.29, 1.82) is 0 Å². The Morgan fingerprint density at radius 2 is 1.71 bits per heavy atom. The molecule has 1 aromatic carbocycles. The van der Waals surface area contributed by atoms with Gasteiger partial charge in [-0.25, -0.2) is 16.8 Å². The van der Waals surface area contributed by atoms with Crippen molar-refractivity contribution in [3.63, 3.8) is 0 Å². The van der Waals surface area contributed by atoms with Crippen molar-refractivity contribution in [2.45, 2.75) is 48.4 Å². The van der Waals surface area contributed by atoms with Gasteiger partial charge in [0, 0.05) is 23.3 Å². The predicted molar refractivity (Wildman–Crippen MR) is 81.3 cm³/mol. The van der Waals surface area contributed by atoms with Crippen LogP contribution in [0.25, 0.3) is 0 Å². The van der Waals surface area contributed by atoms with Gasteiger partial charge in [0.1, 0.15) is 0 Å². The van der Waals surface area contributed by atoms with Gasteiger partial charge in [0.15, 0.2) is 0 Å². The molecule has 0 atom stereocenters. The highest BCUT2D eigenvalue weighted by atomic mass is 35.7. The summed E-state index contributed by atoms with van der Waals surface area (Å²) in [6.45, 7) is 2.16. The van der Waals surface area contributed by atoms with Gasteiger partial charge in [-0.3, -0.25) is 0 Å². The minimum atomic E-state index is -3.95. The molecular formula is C13H18ClNO4S2. The number of halogens is 1. The number of sulfonamides is 1. The molecule has 21 heavy (non-hydrogen) atoms. The first-order chi connectivity index (χ1) is 9.76. The Kier molecular flexibility index (Phi) is 4.97. The minimum absolute atomic E-state index is 0.00346. The average Bonchev–Trinajstić information content (AvgIpc) is 2.92. The second-order valence-corrected chi connectivity index (χ2v) is 9.52. The molecule has 8 heteroatoms. The molecule has 0 bridgehead atoms. The van der Waals surface area contributed by atoms with Crippen LogP contribution in [0.15, 0.2) is 34.1 Å². The number of hydrogen-bond acceptors (Lipinski definition) is 4. The fourth-order valence-electron chi connectivity index (χ4n) is 2.74. The van der Waals surface area contributed by atoms with Crippen molar-refractivity contribution in [2.24, 2.45) is 0 Å². The Bertz CT molecular complexity index is 709. The molecular weight excluding hydrogens is 334 g/mol. The summed E-state index contributed by atoms with van der Waals surface area (Å²) in [7, 11) is -2.37. The summed E-state index contributed by atoms with van der Waals surface area (Å²) < 4.78 is 49.6. The van der Waals surface area contributed by atoms with E-state index in [1.165, 1.54) is 22.5 Å². The van der Waals surface area contributed by atoms with Crippen molar-refractivity contribution >= 4 is 29.8 Å². The Labute approximate surface area is 130 Å². The highest BCUT2D eigenvalue weighted by Gasteiger charge is 2.32. The van der Waals surface area contributed by atoms with Crippen LogP contribution in [0.2, 0.25) is 0 Å². The number of rotatable bonds is 5. The standard InChI is InChI=1S/C13H18ClNO4S2/c1-2-15(11-6-3-4-7-11)21(18,19)13-9-5-8-12(10-13)20(14,16)17/h5,8-11H,2-4,6-7H2,1H3.